The van der Waals surface area contributed by atoms with E-state index in [1.54, 1.807) is 6.07 Å². The summed E-state index contributed by atoms with van der Waals surface area (Å²) in [7, 11) is 0. The Bertz CT molecular complexity index is 512. The van der Waals surface area contributed by atoms with Gasteiger partial charge in [0, 0.05) is 12.2 Å². The van der Waals surface area contributed by atoms with Crippen molar-refractivity contribution in [2.75, 3.05) is 18.1 Å². The number of carboxylic acid groups (broad SMARTS) is 1. The third-order valence-corrected chi connectivity index (χ3v) is 4.50. The van der Waals surface area contributed by atoms with Crippen molar-refractivity contribution in [3.05, 3.63) is 29.3 Å². The summed E-state index contributed by atoms with van der Waals surface area (Å²) in [6, 6.07) is 6.11. The summed E-state index contributed by atoms with van der Waals surface area (Å²) in [6.07, 6.45) is 5.17. The molecule has 0 spiro atoms. The molecule has 0 radical (unpaired) electrons. The molecule has 1 saturated carbocycles. The van der Waals surface area contributed by atoms with Crippen LogP contribution in [-0.2, 0) is 4.74 Å². The molecule has 1 heterocycles. The third kappa shape index (κ3) is 2.40. The maximum Gasteiger partial charge on any atom is 0.335 e. The third-order valence-electron chi connectivity index (χ3n) is 4.50. The number of rotatable bonds is 2. The number of hydrogen-bond donors (Lipinski definition) is 1. The van der Waals surface area contributed by atoms with Crippen LogP contribution in [0.4, 0.5) is 5.69 Å². The van der Waals surface area contributed by atoms with Crippen molar-refractivity contribution in [1.29, 1.82) is 0 Å². The lowest BCUT2D eigenvalue weighted by Gasteiger charge is -2.45. The minimum Gasteiger partial charge on any atom is -0.478 e. The minimum atomic E-state index is -0.855. The van der Waals surface area contributed by atoms with Gasteiger partial charge in [-0.05, 0) is 43.5 Å². The first-order valence-electron chi connectivity index (χ1n) is 7.39. The number of nitrogens with zero attached hydrogens (tertiary/aromatic N) is 1. The van der Waals surface area contributed by atoms with E-state index in [0.717, 1.165) is 30.8 Å². The van der Waals surface area contributed by atoms with Crippen LogP contribution in [-0.4, -0.2) is 36.4 Å². The van der Waals surface area contributed by atoms with E-state index in [-0.39, 0.29) is 0 Å². The van der Waals surface area contributed by atoms with Crippen molar-refractivity contribution in [3.8, 4) is 0 Å². The van der Waals surface area contributed by atoms with Gasteiger partial charge in [-0.2, -0.15) is 0 Å². The predicted molar refractivity (Wildman–Crippen MR) is 77.5 cm³/mol. The number of fused-ring (bicyclic) bond motifs is 1. The summed E-state index contributed by atoms with van der Waals surface area (Å²) in [5.74, 6) is -0.855. The highest BCUT2D eigenvalue weighted by Gasteiger charge is 2.34. The highest BCUT2D eigenvalue weighted by Crippen LogP contribution is 2.32. The quantitative estimate of drug-likeness (QED) is 0.901. The standard InChI is InChI=1S/C16H21NO3/c1-11-10-12(6-7-13(11)16(18)19)17-8-9-20-15-5-3-2-4-14(15)17/h6-7,10,14-15H,2-5,8-9H2,1H3,(H,18,19). The number of anilines is 1. The zero-order valence-electron chi connectivity index (χ0n) is 11.8. The molecule has 1 saturated heterocycles. The zero-order valence-corrected chi connectivity index (χ0v) is 11.8. The van der Waals surface area contributed by atoms with E-state index in [2.05, 4.69) is 4.90 Å². The van der Waals surface area contributed by atoms with Gasteiger partial charge in [0.15, 0.2) is 0 Å². The van der Waals surface area contributed by atoms with Crippen molar-refractivity contribution >= 4 is 11.7 Å². The van der Waals surface area contributed by atoms with E-state index in [0.29, 0.717) is 17.7 Å². The molecular weight excluding hydrogens is 254 g/mol. The van der Waals surface area contributed by atoms with Crippen LogP contribution in [0.25, 0.3) is 0 Å². The molecule has 20 heavy (non-hydrogen) atoms. The largest absolute Gasteiger partial charge is 0.478 e. The molecule has 2 aliphatic rings. The van der Waals surface area contributed by atoms with Crippen LogP contribution in [0.1, 0.15) is 41.6 Å². The second-order valence-corrected chi connectivity index (χ2v) is 5.76. The first kappa shape index (κ1) is 13.4. The maximum atomic E-state index is 11.1. The van der Waals surface area contributed by atoms with Gasteiger partial charge in [-0.1, -0.05) is 12.8 Å². The lowest BCUT2D eigenvalue weighted by molar-refractivity contribution is -0.00868. The fraction of sp³-hybridized carbons (Fsp3) is 0.562. The van der Waals surface area contributed by atoms with Gasteiger partial charge < -0.3 is 14.7 Å². The molecule has 4 nitrogen and oxygen atoms in total. The molecule has 2 atom stereocenters. The van der Waals surface area contributed by atoms with Crippen LogP contribution in [0.5, 0.6) is 0 Å². The monoisotopic (exact) mass is 275 g/mol. The van der Waals surface area contributed by atoms with Gasteiger partial charge in [-0.3, -0.25) is 0 Å². The number of carbonyl (C=O) groups is 1. The molecule has 4 heteroatoms. The van der Waals surface area contributed by atoms with Crippen LogP contribution >= 0.6 is 0 Å². The summed E-state index contributed by atoms with van der Waals surface area (Å²) in [5, 5.41) is 9.12. The maximum absolute atomic E-state index is 11.1. The Hall–Kier alpha value is -1.55. The van der Waals surface area contributed by atoms with Crippen LogP contribution in [0, 0.1) is 6.92 Å². The van der Waals surface area contributed by atoms with Crippen molar-refractivity contribution in [2.45, 2.75) is 44.8 Å². The molecular formula is C16H21NO3. The van der Waals surface area contributed by atoms with E-state index < -0.39 is 5.97 Å². The first-order valence-corrected chi connectivity index (χ1v) is 7.39. The number of benzene rings is 1. The molecule has 2 unspecified atom stereocenters. The summed E-state index contributed by atoms with van der Waals surface area (Å²) < 4.78 is 5.89. The van der Waals surface area contributed by atoms with Gasteiger partial charge in [0.2, 0.25) is 0 Å². The fourth-order valence-electron chi connectivity index (χ4n) is 3.48. The lowest BCUT2D eigenvalue weighted by Crippen LogP contribution is -2.52. The highest BCUT2D eigenvalue weighted by molar-refractivity contribution is 5.89. The number of carboxylic acids is 1. The Morgan fingerprint density at radius 3 is 2.90 bits per heavy atom. The van der Waals surface area contributed by atoms with Crippen molar-refractivity contribution in [2.24, 2.45) is 0 Å². The fourth-order valence-corrected chi connectivity index (χ4v) is 3.48. The Balaban J connectivity index is 1.87. The average Bonchev–Trinajstić information content (AvgIpc) is 2.46. The smallest absolute Gasteiger partial charge is 0.335 e. The second kappa shape index (κ2) is 5.44. The van der Waals surface area contributed by atoms with Crippen molar-refractivity contribution < 1.29 is 14.6 Å². The van der Waals surface area contributed by atoms with Gasteiger partial charge >= 0.3 is 5.97 Å². The van der Waals surface area contributed by atoms with E-state index in [1.807, 2.05) is 19.1 Å². The summed E-state index contributed by atoms with van der Waals surface area (Å²) in [5.41, 5.74) is 2.35. The Kier molecular flexibility index (Phi) is 3.66. The predicted octanol–water partition coefficient (Wildman–Crippen LogP) is 2.84. The van der Waals surface area contributed by atoms with E-state index >= 15 is 0 Å². The van der Waals surface area contributed by atoms with Gasteiger partial charge in [-0.25, -0.2) is 4.79 Å². The molecule has 0 aromatic heterocycles. The minimum absolute atomic E-state index is 0.344. The summed E-state index contributed by atoms with van der Waals surface area (Å²) in [6.45, 7) is 3.53. The molecule has 3 rings (SSSR count). The molecule has 1 N–H and O–H groups in total. The Morgan fingerprint density at radius 2 is 2.15 bits per heavy atom. The number of aromatic carboxylic acids is 1. The Morgan fingerprint density at radius 1 is 1.35 bits per heavy atom. The molecule has 1 aromatic carbocycles. The average molecular weight is 275 g/mol. The van der Waals surface area contributed by atoms with Crippen LogP contribution < -0.4 is 4.90 Å². The molecule has 0 bridgehead atoms. The van der Waals surface area contributed by atoms with E-state index in [4.69, 9.17) is 9.84 Å². The Labute approximate surface area is 119 Å². The second-order valence-electron chi connectivity index (χ2n) is 5.76. The topological polar surface area (TPSA) is 49.8 Å². The van der Waals surface area contributed by atoms with Crippen LogP contribution in [0.15, 0.2) is 18.2 Å². The normalized spacial score (nSPS) is 26.1. The number of morpholine rings is 1. The van der Waals surface area contributed by atoms with Crippen LogP contribution in [0.3, 0.4) is 0 Å². The molecule has 2 fully saturated rings. The zero-order chi connectivity index (χ0) is 14.1. The first-order chi connectivity index (χ1) is 9.66. The van der Waals surface area contributed by atoms with Crippen molar-refractivity contribution in [1.82, 2.24) is 0 Å². The SMILES string of the molecule is Cc1cc(N2CCOC3CCCCC32)ccc1C(=O)O. The highest BCUT2D eigenvalue weighted by atomic mass is 16.5. The summed E-state index contributed by atoms with van der Waals surface area (Å²) in [4.78, 5) is 13.5. The molecule has 0 amide bonds. The molecule has 1 aliphatic carbocycles. The van der Waals surface area contributed by atoms with Gasteiger partial charge in [-0.15, -0.1) is 0 Å². The van der Waals surface area contributed by atoms with Gasteiger partial charge in [0.25, 0.3) is 0 Å². The van der Waals surface area contributed by atoms with Crippen molar-refractivity contribution in [3.63, 3.8) is 0 Å². The van der Waals surface area contributed by atoms with E-state index in [1.165, 1.54) is 19.3 Å². The van der Waals surface area contributed by atoms with E-state index in [9.17, 15) is 4.79 Å². The van der Waals surface area contributed by atoms with Crippen LogP contribution in [0.2, 0.25) is 0 Å². The molecule has 108 valence electrons. The summed E-state index contributed by atoms with van der Waals surface area (Å²) >= 11 is 0. The lowest BCUT2D eigenvalue weighted by atomic mass is 9.89. The number of hydrogen-bond acceptors (Lipinski definition) is 3. The van der Waals surface area contributed by atoms with Gasteiger partial charge in [0.1, 0.15) is 0 Å². The molecule has 1 aliphatic heterocycles. The van der Waals surface area contributed by atoms with Gasteiger partial charge in [0.05, 0.1) is 24.3 Å². The molecule has 1 aromatic rings. The number of aryl methyl sites for hydroxylation is 1. The number of ether oxygens (including phenoxy) is 1.